The number of aromatic nitrogens is 1. The third-order valence-corrected chi connectivity index (χ3v) is 2.86. The lowest BCUT2D eigenvalue weighted by Crippen LogP contribution is -2.25. The van der Waals surface area contributed by atoms with Crippen LogP contribution in [-0.2, 0) is 9.68 Å². The predicted octanol–water partition coefficient (Wildman–Crippen LogP) is 1.98. The first-order chi connectivity index (χ1) is 10.1. The number of carbonyl (C=O) groups is 1. The van der Waals surface area contributed by atoms with E-state index in [4.69, 9.17) is 9.57 Å². The van der Waals surface area contributed by atoms with Gasteiger partial charge >= 0.3 is 0 Å². The predicted molar refractivity (Wildman–Crippen MR) is 85.9 cm³/mol. The van der Waals surface area contributed by atoms with Crippen LogP contribution in [0.3, 0.4) is 0 Å². The molecular formula is C15H25N3O4. The van der Waals surface area contributed by atoms with E-state index in [0.29, 0.717) is 11.3 Å². The van der Waals surface area contributed by atoms with Gasteiger partial charge in [0.05, 0.1) is 26.9 Å². The summed E-state index contributed by atoms with van der Waals surface area (Å²) in [7, 11) is 7.88. The molecule has 0 unspecified atom stereocenters. The highest BCUT2D eigenvalue weighted by molar-refractivity contribution is 6.02. The fraction of sp³-hybridized carbons (Fsp3) is 0.400. The molecule has 2 rings (SSSR count). The molecule has 0 aromatic carbocycles. The Kier molecular flexibility index (Phi) is 8.85. The molecule has 2 aromatic heterocycles. The van der Waals surface area contributed by atoms with Crippen molar-refractivity contribution in [1.29, 1.82) is 0 Å². The summed E-state index contributed by atoms with van der Waals surface area (Å²) < 4.78 is 7.10. The fourth-order valence-electron chi connectivity index (χ4n) is 1.72. The minimum Gasteiger partial charge on any atom is -0.495 e. The van der Waals surface area contributed by atoms with Crippen molar-refractivity contribution in [2.75, 3.05) is 35.4 Å². The molecule has 7 nitrogen and oxygen atoms in total. The molecule has 2 aromatic rings. The van der Waals surface area contributed by atoms with Crippen LogP contribution in [-0.4, -0.2) is 50.8 Å². The molecule has 7 heteroatoms. The van der Waals surface area contributed by atoms with E-state index in [-0.39, 0.29) is 13.3 Å². The van der Waals surface area contributed by atoms with E-state index in [1.54, 1.807) is 34.4 Å². The molecule has 124 valence electrons. The second kappa shape index (κ2) is 9.78. The lowest BCUT2D eigenvalue weighted by atomic mass is 10.2. The van der Waals surface area contributed by atoms with E-state index in [1.807, 2.05) is 28.9 Å². The van der Waals surface area contributed by atoms with E-state index in [0.717, 1.165) is 5.52 Å². The molecule has 0 aliphatic carbocycles. The number of rotatable bonds is 4. The Bertz CT molecular complexity index is 581. The number of hydrogen-bond acceptors (Lipinski definition) is 5. The average Bonchev–Trinajstić information content (AvgIpc) is 2.97. The molecule has 0 spiro atoms. The average molecular weight is 311 g/mol. The molecular weight excluding hydrogens is 286 g/mol. The van der Waals surface area contributed by atoms with Crippen LogP contribution >= 0.6 is 0 Å². The smallest absolute Gasteiger partial charge is 0.279 e. The number of pyridine rings is 1. The Morgan fingerprint density at radius 2 is 1.86 bits per heavy atom. The number of fused-ring (bicyclic) bond motifs is 1. The Labute approximate surface area is 131 Å². The molecule has 0 radical (unpaired) electrons. The normalized spacial score (nSPS) is 9.50. The molecule has 2 heterocycles. The van der Waals surface area contributed by atoms with Gasteiger partial charge in [0.1, 0.15) is 11.3 Å². The minimum atomic E-state index is -0.209. The van der Waals surface area contributed by atoms with E-state index < -0.39 is 0 Å². The van der Waals surface area contributed by atoms with Crippen molar-refractivity contribution in [3.05, 3.63) is 36.2 Å². The number of ether oxygens (including phenoxy) is 1. The van der Waals surface area contributed by atoms with Gasteiger partial charge in [0.25, 0.3) is 5.91 Å². The Hall–Kier alpha value is -2.09. The second-order valence-electron chi connectivity index (χ2n) is 3.96. The van der Waals surface area contributed by atoms with Crippen LogP contribution in [0.25, 0.3) is 5.52 Å². The summed E-state index contributed by atoms with van der Waals surface area (Å²) in [6.45, 7) is 0. The van der Waals surface area contributed by atoms with Crippen molar-refractivity contribution in [3.8, 4) is 5.75 Å². The van der Waals surface area contributed by atoms with E-state index in [2.05, 4.69) is 10.3 Å². The largest absolute Gasteiger partial charge is 0.495 e. The molecule has 0 atom stereocenters. The zero-order valence-corrected chi connectivity index (χ0v) is 12.9. The van der Waals surface area contributed by atoms with E-state index >= 15 is 0 Å². The van der Waals surface area contributed by atoms with Gasteiger partial charge < -0.3 is 14.0 Å². The molecule has 1 amide bonds. The van der Waals surface area contributed by atoms with Crippen molar-refractivity contribution in [2.45, 2.75) is 7.43 Å². The topological polar surface area (TPSA) is 64.4 Å². The Balaban J connectivity index is 0.000000791. The van der Waals surface area contributed by atoms with Gasteiger partial charge in [-0.05, 0) is 18.2 Å². The molecule has 1 N–H and O–H groups in total. The molecule has 22 heavy (non-hydrogen) atoms. The van der Waals surface area contributed by atoms with Crippen molar-refractivity contribution < 1.29 is 19.2 Å². The van der Waals surface area contributed by atoms with Crippen LogP contribution in [0.5, 0.6) is 5.75 Å². The molecule has 0 fully saturated rings. The quantitative estimate of drug-likeness (QED) is 0.875. The molecule has 0 aliphatic rings. The van der Waals surface area contributed by atoms with Crippen molar-refractivity contribution in [3.63, 3.8) is 0 Å². The number of amides is 1. The highest BCUT2D eigenvalue weighted by atomic mass is 16.7. The van der Waals surface area contributed by atoms with Gasteiger partial charge in [0.15, 0.2) is 0 Å². The van der Waals surface area contributed by atoms with Gasteiger partial charge in [-0.3, -0.25) is 9.63 Å². The summed E-state index contributed by atoms with van der Waals surface area (Å²) in [6, 6.07) is 5.43. The maximum absolute atomic E-state index is 12.1. The van der Waals surface area contributed by atoms with Crippen LogP contribution in [0, 0.1) is 0 Å². The van der Waals surface area contributed by atoms with Crippen LogP contribution in [0.15, 0.2) is 30.6 Å². The van der Waals surface area contributed by atoms with Gasteiger partial charge in [-0.15, -0.1) is 0 Å². The number of hydroxylamine groups is 3. The summed E-state index contributed by atoms with van der Waals surface area (Å²) in [5, 5.41) is 1.18. The Morgan fingerprint density at radius 3 is 2.36 bits per heavy atom. The third-order valence-electron chi connectivity index (χ3n) is 2.86. The van der Waals surface area contributed by atoms with Gasteiger partial charge in [-0.25, -0.2) is 10.5 Å². The lowest BCUT2D eigenvalue weighted by Gasteiger charge is -2.13. The standard InChI is InChI=1S/C12H14N2O3.C2H7NO.CH4/c1-13(17-3)12(15)9-6-8-14-7-4-5-10(16-2)11(9)14;1-3-4-2;/h4-8H,1-3H3;3H,1-2H3;1H4. The summed E-state index contributed by atoms with van der Waals surface area (Å²) in [5.74, 6) is 0.449. The van der Waals surface area contributed by atoms with Gasteiger partial charge in [-0.1, -0.05) is 7.43 Å². The summed E-state index contributed by atoms with van der Waals surface area (Å²) in [4.78, 5) is 21.2. The number of carbonyl (C=O) groups excluding carboxylic acids is 1. The van der Waals surface area contributed by atoms with E-state index in [1.165, 1.54) is 12.2 Å². The monoisotopic (exact) mass is 311 g/mol. The van der Waals surface area contributed by atoms with Crippen molar-refractivity contribution in [2.24, 2.45) is 0 Å². The SMILES string of the molecule is C.CNOC.COc1cccn2ccc(C(=O)N(C)OC)c12. The fourth-order valence-corrected chi connectivity index (χ4v) is 1.72. The first-order valence-electron chi connectivity index (χ1n) is 6.26. The van der Waals surface area contributed by atoms with Crippen LogP contribution < -0.4 is 10.2 Å². The highest BCUT2D eigenvalue weighted by Crippen LogP contribution is 2.24. The van der Waals surface area contributed by atoms with Crippen LogP contribution in [0.1, 0.15) is 17.8 Å². The molecule has 0 bridgehead atoms. The summed E-state index contributed by atoms with van der Waals surface area (Å²) in [5.41, 5.74) is 3.72. The minimum absolute atomic E-state index is 0. The number of hydrogen-bond donors (Lipinski definition) is 1. The maximum Gasteiger partial charge on any atom is 0.279 e. The lowest BCUT2D eigenvalue weighted by molar-refractivity contribution is -0.0755. The molecule has 0 saturated carbocycles. The highest BCUT2D eigenvalue weighted by Gasteiger charge is 2.18. The van der Waals surface area contributed by atoms with Crippen molar-refractivity contribution in [1.82, 2.24) is 14.9 Å². The van der Waals surface area contributed by atoms with Crippen molar-refractivity contribution >= 4 is 11.4 Å². The molecule has 0 aliphatic heterocycles. The van der Waals surface area contributed by atoms with Crippen LogP contribution in [0.4, 0.5) is 0 Å². The van der Waals surface area contributed by atoms with Gasteiger partial charge in [-0.2, -0.15) is 0 Å². The zero-order valence-electron chi connectivity index (χ0n) is 12.9. The zero-order chi connectivity index (χ0) is 15.8. The maximum atomic E-state index is 12.1. The van der Waals surface area contributed by atoms with E-state index in [9.17, 15) is 4.79 Å². The first kappa shape index (κ1) is 19.9. The third kappa shape index (κ3) is 4.45. The van der Waals surface area contributed by atoms with Gasteiger partial charge in [0, 0.05) is 26.5 Å². The first-order valence-corrected chi connectivity index (χ1v) is 6.26. The Morgan fingerprint density at radius 1 is 1.23 bits per heavy atom. The summed E-state index contributed by atoms with van der Waals surface area (Å²) >= 11 is 0. The number of methoxy groups -OCH3 is 1. The van der Waals surface area contributed by atoms with Gasteiger partial charge in [0.2, 0.25) is 0 Å². The summed E-state index contributed by atoms with van der Waals surface area (Å²) in [6.07, 6.45) is 3.68. The second-order valence-corrected chi connectivity index (χ2v) is 3.96. The molecule has 0 saturated heterocycles. The van der Waals surface area contributed by atoms with Crippen LogP contribution in [0.2, 0.25) is 0 Å². The number of nitrogens with one attached hydrogen (secondary N) is 1. The number of nitrogens with zero attached hydrogens (tertiary/aromatic N) is 2.